The number of amides is 1. The molecule has 0 radical (unpaired) electrons. The van der Waals surface area contributed by atoms with E-state index in [1.54, 1.807) is 28.6 Å². The summed E-state index contributed by atoms with van der Waals surface area (Å²) in [6.45, 7) is 3.27. The summed E-state index contributed by atoms with van der Waals surface area (Å²) in [6, 6.07) is 7.25. The fourth-order valence-corrected chi connectivity index (χ4v) is 5.12. The maximum absolute atomic E-state index is 13.1. The van der Waals surface area contributed by atoms with Crippen molar-refractivity contribution in [2.45, 2.75) is 39.2 Å². The standard InChI is InChI=1S/C22H24ClN3O3S/c1-14-18-20(24-17-10-4-3-7-11-26(17)21(18)27)30-19(14)22(28)25(2)12-13-29-16-9-6-5-8-15(16)23/h5-6,8-9H,3-4,7,10-13H2,1-2H3. The predicted molar refractivity (Wildman–Crippen MR) is 120 cm³/mol. The Kier molecular flexibility index (Phi) is 6.11. The molecule has 158 valence electrons. The molecule has 0 bridgehead atoms. The molecule has 1 aromatic carbocycles. The monoisotopic (exact) mass is 445 g/mol. The second-order valence-corrected chi connectivity index (χ2v) is 8.94. The van der Waals surface area contributed by atoms with E-state index < -0.39 is 0 Å². The summed E-state index contributed by atoms with van der Waals surface area (Å²) in [5, 5.41) is 1.12. The average Bonchev–Trinajstić information content (AvgIpc) is 2.89. The lowest BCUT2D eigenvalue weighted by molar-refractivity contribution is 0.0778. The molecule has 0 saturated heterocycles. The van der Waals surface area contributed by atoms with E-state index in [9.17, 15) is 9.59 Å². The highest BCUT2D eigenvalue weighted by molar-refractivity contribution is 7.20. The van der Waals surface area contributed by atoms with Gasteiger partial charge in [-0.25, -0.2) is 4.98 Å². The fourth-order valence-electron chi connectivity index (χ4n) is 3.74. The van der Waals surface area contributed by atoms with Crippen LogP contribution in [-0.4, -0.2) is 40.6 Å². The van der Waals surface area contributed by atoms with Crippen molar-refractivity contribution in [3.05, 3.63) is 55.9 Å². The molecule has 0 fully saturated rings. The van der Waals surface area contributed by atoms with E-state index in [4.69, 9.17) is 21.3 Å². The Morgan fingerprint density at radius 3 is 2.90 bits per heavy atom. The lowest BCUT2D eigenvalue weighted by Gasteiger charge is -2.17. The minimum Gasteiger partial charge on any atom is -0.490 e. The quantitative estimate of drug-likeness (QED) is 0.587. The maximum atomic E-state index is 13.1. The van der Waals surface area contributed by atoms with Crippen LogP contribution in [0, 0.1) is 6.92 Å². The molecule has 0 saturated carbocycles. The molecule has 1 aliphatic rings. The van der Waals surface area contributed by atoms with Crippen molar-refractivity contribution in [3.8, 4) is 5.75 Å². The van der Waals surface area contributed by atoms with E-state index in [1.165, 1.54) is 11.3 Å². The summed E-state index contributed by atoms with van der Waals surface area (Å²) in [5.74, 6) is 1.31. The van der Waals surface area contributed by atoms with Gasteiger partial charge in [0.25, 0.3) is 11.5 Å². The van der Waals surface area contributed by atoms with Gasteiger partial charge in [0.2, 0.25) is 0 Å². The van der Waals surface area contributed by atoms with Gasteiger partial charge in [0.1, 0.15) is 23.0 Å². The zero-order valence-corrected chi connectivity index (χ0v) is 18.7. The van der Waals surface area contributed by atoms with Crippen LogP contribution in [0.25, 0.3) is 10.2 Å². The summed E-state index contributed by atoms with van der Waals surface area (Å²) in [5.41, 5.74) is 0.699. The van der Waals surface area contributed by atoms with E-state index in [0.717, 1.165) is 37.1 Å². The number of carbonyl (C=O) groups excluding carboxylic acids is 1. The minimum absolute atomic E-state index is 0.0191. The molecule has 1 aliphatic heterocycles. The molecule has 0 spiro atoms. The van der Waals surface area contributed by atoms with Gasteiger partial charge in [-0.05, 0) is 37.5 Å². The first kappa shape index (κ1) is 20.9. The number of benzene rings is 1. The number of hydrogen-bond donors (Lipinski definition) is 0. The van der Waals surface area contributed by atoms with Gasteiger partial charge in [0, 0.05) is 20.0 Å². The summed E-state index contributed by atoms with van der Waals surface area (Å²) in [7, 11) is 1.73. The number of para-hydroxylation sites is 1. The van der Waals surface area contributed by atoms with Crippen molar-refractivity contribution < 1.29 is 9.53 Å². The SMILES string of the molecule is Cc1c(C(=O)N(C)CCOc2ccccc2Cl)sc2nc3n(c(=O)c12)CCCCC3. The highest BCUT2D eigenvalue weighted by Crippen LogP contribution is 2.29. The Morgan fingerprint density at radius 1 is 1.30 bits per heavy atom. The zero-order valence-electron chi connectivity index (χ0n) is 17.1. The number of carbonyl (C=O) groups is 1. The van der Waals surface area contributed by atoms with Gasteiger partial charge < -0.3 is 9.64 Å². The Morgan fingerprint density at radius 2 is 2.10 bits per heavy atom. The molecule has 0 unspecified atom stereocenters. The third-order valence-electron chi connectivity index (χ3n) is 5.47. The number of aryl methyl sites for hydroxylation is 2. The van der Waals surface area contributed by atoms with Gasteiger partial charge in [-0.2, -0.15) is 0 Å². The van der Waals surface area contributed by atoms with Gasteiger partial charge in [-0.15, -0.1) is 11.3 Å². The zero-order chi connectivity index (χ0) is 21.3. The summed E-state index contributed by atoms with van der Waals surface area (Å²) in [6.07, 6.45) is 3.95. The Hall–Kier alpha value is -2.38. The first-order chi connectivity index (χ1) is 14.5. The highest BCUT2D eigenvalue weighted by Gasteiger charge is 2.24. The third-order valence-corrected chi connectivity index (χ3v) is 6.96. The van der Waals surface area contributed by atoms with Crippen molar-refractivity contribution in [2.24, 2.45) is 0 Å². The number of aromatic nitrogens is 2. The lowest BCUT2D eigenvalue weighted by atomic mass is 10.2. The van der Waals surface area contributed by atoms with Crippen LogP contribution in [0.2, 0.25) is 5.02 Å². The molecule has 1 amide bonds. The molecule has 0 aliphatic carbocycles. The van der Waals surface area contributed by atoms with Crippen molar-refractivity contribution in [3.63, 3.8) is 0 Å². The molecule has 2 aromatic heterocycles. The van der Waals surface area contributed by atoms with E-state index in [2.05, 4.69) is 0 Å². The summed E-state index contributed by atoms with van der Waals surface area (Å²) < 4.78 is 7.49. The van der Waals surface area contributed by atoms with Crippen LogP contribution < -0.4 is 10.3 Å². The van der Waals surface area contributed by atoms with Gasteiger partial charge in [0.15, 0.2) is 0 Å². The molecule has 3 heterocycles. The molecule has 0 N–H and O–H groups in total. The number of fused-ring (bicyclic) bond motifs is 2. The van der Waals surface area contributed by atoms with Gasteiger partial charge in [0.05, 0.1) is 21.8 Å². The van der Waals surface area contributed by atoms with E-state index in [1.807, 2.05) is 19.1 Å². The normalized spacial score (nSPS) is 13.7. The second-order valence-electron chi connectivity index (χ2n) is 7.54. The number of halogens is 1. The van der Waals surface area contributed by atoms with Crippen molar-refractivity contribution >= 4 is 39.1 Å². The minimum atomic E-state index is -0.127. The maximum Gasteiger partial charge on any atom is 0.264 e. The van der Waals surface area contributed by atoms with Gasteiger partial charge >= 0.3 is 0 Å². The topological polar surface area (TPSA) is 64.4 Å². The number of likely N-dealkylation sites (N-methyl/N-ethyl adjacent to an activating group) is 1. The van der Waals surface area contributed by atoms with Crippen molar-refractivity contribution in [2.75, 3.05) is 20.2 Å². The number of hydrogen-bond acceptors (Lipinski definition) is 5. The van der Waals surface area contributed by atoms with Crippen molar-refractivity contribution in [1.29, 1.82) is 0 Å². The van der Waals surface area contributed by atoms with Gasteiger partial charge in [-0.3, -0.25) is 14.2 Å². The molecule has 4 rings (SSSR count). The van der Waals surface area contributed by atoms with Crippen LogP contribution in [0.5, 0.6) is 5.75 Å². The molecular formula is C22H24ClN3O3S. The first-order valence-electron chi connectivity index (χ1n) is 10.1. The molecule has 30 heavy (non-hydrogen) atoms. The second kappa shape index (κ2) is 8.78. The number of nitrogens with zero attached hydrogens (tertiary/aromatic N) is 3. The van der Waals surface area contributed by atoms with Crippen LogP contribution >= 0.6 is 22.9 Å². The summed E-state index contributed by atoms with van der Waals surface area (Å²) >= 11 is 7.41. The third kappa shape index (κ3) is 3.96. The number of rotatable bonds is 5. The molecule has 6 nitrogen and oxygen atoms in total. The molecule has 0 atom stereocenters. The van der Waals surface area contributed by atoms with Crippen LogP contribution in [0.15, 0.2) is 29.1 Å². The lowest BCUT2D eigenvalue weighted by Crippen LogP contribution is -2.30. The van der Waals surface area contributed by atoms with Crippen molar-refractivity contribution in [1.82, 2.24) is 14.5 Å². The smallest absolute Gasteiger partial charge is 0.264 e. The van der Waals surface area contributed by atoms with Crippen LogP contribution in [0.1, 0.15) is 40.3 Å². The predicted octanol–water partition coefficient (Wildman–Crippen LogP) is 4.30. The van der Waals surface area contributed by atoms with E-state index in [-0.39, 0.29) is 11.5 Å². The molecular weight excluding hydrogens is 422 g/mol. The summed E-state index contributed by atoms with van der Waals surface area (Å²) in [4.78, 5) is 33.7. The largest absolute Gasteiger partial charge is 0.490 e. The molecule has 3 aromatic rings. The number of ether oxygens (including phenoxy) is 1. The number of thiophene rings is 1. The molecule has 8 heteroatoms. The van der Waals surface area contributed by atoms with Crippen LogP contribution in [0.4, 0.5) is 0 Å². The van der Waals surface area contributed by atoms with Crippen LogP contribution in [0.3, 0.4) is 0 Å². The average molecular weight is 446 g/mol. The fraction of sp³-hybridized carbons (Fsp3) is 0.409. The van der Waals surface area contributed by atoms with Crippen LogP contribution in [-0.2, 0) is 13.0 Å². The highest BCUT2D eigenvalue weighted by atomic mass is 35.5. The Labute approximate surface area is 184 Å². The van der Waals surface area contributed by atoms with E-state index >= 15 is 0 Å². The Balaban J connectivity index is 1.54. The Bertz CT molecular complexity index is 1150. The van der Waals surface area contributed by atoms with Gasteiger partial charge in [-0.1, -0.05) is 30.2 Å². The van der Waals surface area contributed by atoms with E-state index in [0.29, 0.717) is 45.6 Å². The first-order valence-corrected chi connectivity index (χ1v) is 11.3.